The number of rotatable bonds is 4. The van der Waals surface area contributed by atoms with Crippen molar-refractivity contribution in [2.45, 2.75) is 0 Å². The molecule has 2 aromatic heterocycles. The van der Waals surface area contributed by atoms with E-state index in [1.54, 1.807) is 23.1 Å². The lowest BCUT2D eigenvalue weighted by atomic mass is 10.2. The molecule has 2 amide bonds. The van der Waals surface area contributed by atoms with Crippen LogP contribution in [0, 0.1) is 5.82 Å². The standard InChI is InChI=1S/C20H18FN5O3/c21-14-3-5-15(6-4-14)24-19(27)16-12-18(23-13-22-16)25-7-9-26(10-8-25)20(28)17-2-1-11-29-17/h1-6,11-13H,7-10H2,(H,24,27). The van der Waals surface area contributed by atoms with E-state index in [9.17, 15) is 14.0 Å². The van der Waals surface area contributed by atoms with Crippen molar-refractivity contribution >= 4 is 23.3 Å². The topological polar surface area (TPSA) is 91.6 Å². The smallest absolute Gasteiger partial charge is 0.289 e. The van der Waals surface area contributed by atoms with Crippen LogP contribution in [0.25, 0.3) is 0 Å². The van der Waals surface area contributed by atoms with Gasteiger partial charge in [-0.05, 0) is 36.4 Å². The number of carbonyl (C=O) groups is 2. The highest BCUT2D eigenvalue weighted by Gasteiger charge is 2.24. The third-order valence-electron chi connectivity index (χ3n) is 4.61. The first-order chi connectivity index (χ1) is 14.1. The number of anilines is 2. The number of aromatic nitrogens is 2. The summed E-state index contributed by atoms with van der Waals surface area (Å²) in [7, 11) is 0. The number of amides is 2. The van der Waals surface area contributed by atoms with Crippen LogP contribution in [-0.2, 0) is 0 Å². The van der Waals surface area contributed by atoms with Crippen molar-refractivity contribution in [3.05, 3.63) is 72.3 Å². The number of piperazine rings is 1. The lowest BCUT2D eigenvalue weighted by Crippen LogP contribution is -2.49. The zero-order chi connectivity index (χ0) is 20.2. The van der Waals surface area contributed by atoms with Crippen LogP contribution in [-0.4, -0.2) is 52.9 Å². The molecule has 1 aliphatic heterocycles. The first kappa shape index (κ1) is 18.6. The Kier molecular flexibility index (Phi) is 5.19. The van der Waals surface area contributed by atoms with Crippen LogP contribution >= 0.6 is 0 Å². The summed E-state index contributed by atoms with van der Waals surface area (Å²) in [4.78, 5) is 36.8. The van der Waals surface area contributed by atoms with E-state index in [1.807, 2.05) is 4.90 Å². The second-order valence-corrected chi connectivity index (χ2v) is 6.48. The fraction of sp³-hybridized carbons (Fsp3) is 0.200. The average molecular weight is 395 g/mol. The second kappa shape index (κ2) is 8.09. The monoisotopic (exact) mass is 395 g/mol. The van der Waals surface area contributed by atoms with Gasteiger partial charge in [0.2, 0.25) is 0 Å². The third-order valence-corrected chi connectivity index (χ3v) is 4.61. The maximum absolute atomic E-state index is 13.0. The van der Waals surface area contributed by atoms with Gasteiger partial charge < -0.3 is 19.5 Å². The van der Waals surface area contributed by atoms with Crippen LogP contribution in [0.2, 0.25) is 0 Å². The minimum Gasteiger partial charge on any atom is -0.459 e. The molecule has 3 aromatic rings. The Hall–Kier alpha value is -3.75. The quantitative estimate of drug-likeness (QED) is 0.730. The van der Waals surface area contributed by atoms with Gasteiger partial charge in [0.05, 0.1) is 6.26 Å². The molecule has 9 heteroatoms. The van der Waals surface area contributed by atoms with Crippen molar-refractivity contribution in [1.82, 2.24) is 14.9 Å². The molecule has 1 N–H and O–H groups in total. The van der Waals surface area contributed by atoms with Gasteiger partial charge in [0, 0.05) is 37.9 Å². The molecule has 0 unspecified atom stereocenters. The van der Waals surface area contributed by atoms with Gasteiger partial charge in [0.1, 0.15) is 23.7 Å². The fourth-order valence-corrected chi connectivity index (χ4v) is 3.07. The van der Waals surface area contributed by atoms with Gasteiger partial charge in [0.15, 0.2) is 5.76 Å². The summed E-state index contributed by atoms with van der Waals surface area (Å²) in [5.74, 6) is -0.00447. The summed E-state index contributed by atoms with van der Waals surface area (Å²) in [5.41, 5.74) is 0.676. The van der Waals surface area contributed by atoms with E-state index < -0.39 is 5.91 Å². The number of nitrogens with one attached hydrogen (secondary N) is 1. The van der Waals surface area contributed by atoms with Gasteiger partial charge in [-0.1, -0.05) is 0 Å². The van der Waals surface area contributed by atoms with Crippen LogP contribution in [0.5, 0.6) is 0 Å². The molecule has 1 aromatic carbocycles. The first-order valence-electron chi connectivity index (χ1n) is 9.07. The van der Waals surface area contributed by atoms with E-state index in [-0.39, 0.29) is 17.4 Å². The van der Waals surface area contributed by atoms with E-state index in [0.29, 0.717) is 43.4 Å². The molecule has 0 atom stereocenters. The van der Waals surface area contributed by atoms with Crippen LogP contribution in [0.3, 0.4) is 0 Å². The van der Waals surface area contributed by atoms with E-state index in [0.717, 1.165) is 0 Å². The Labute approximate surface area is 166 Å². The maximum Gasteiger partial charge on any atom is 0.289 e. The van der Waals surface area contributed by atoms with Gasteiger partial charge in [-0.15, -0.1) is 0 Å². The molecule has 1 aliphatic rings. The zero-order valence-corrected chi connectivity index (χ0v) is 15.4. The Balaban J connectivity index is 1.39. The molecule has 1 fully saturated rings. The van der Waals surface area contributed by atoms with Gasteiger partial charge in [-0.25, -0.2) is 14.4 Å². The molecular weight excluding hydrogens is 377 g/mol. The molecule has 29 heavy (non-hydrogen) atoms. The number of halogens is 1. The molecule has 3 heterocycles. The highest BCUT2D eigenvalue weighted by Crippen LogP contribution is 2.17. The number of carbonyl (C=O) groups excluding carboxylic acids is 2. The van der Waals surface area contributed by atoms with Crippen LogP contribution in [0.1, 0.15) is 21.0 Å². The number of benzene rings is 1. The Morgan fingerprint density at radius 2 is 1.79 bits per heavy atom. The molecular formula is C20H18FN5O3. The summed E-state index contributed by atoms with van der Waals surface area (Å²) < 4.78 is 18.2. The van der Waals surface area contributed by atoms with Crippen molar-refractivity contribution in [1.29, 1.82) is 0 Å². The number of hydrogen-bond donors (Lipinski definition) is 1. The minimum atomic E-state index is -0.410. The fourth-order valence-electron chi connectivity index (χ4n) is 3.07. The normalized spacial score (nSPS) is 14.0. The summed E-state index contributed by atoms with van der Waals surface area (Å²) in [6.07, 6.45) is 2.80. The highest BCUT2D eigenvalue weighted by molar-refractivity contribution is 6.03. The van der Waals surface area contributed by atoms with Crippen molar-refractivity contribution in [2.24, 2.45) is 0 Å². The van der Waals surface area contributed by atoms with Crippen molar-refractivity contribution < 1.29 is 18.4 Å². The lowest BCUT2D eigenvalue weighted by Gasteiger charge is -2.35. The molecule has 1 saturated heterocycles. The predicted octanol–water partition coefficient (Wildman–Crippen LogP) is 2.42. The molecule has 0 spiro atoms. The Morgan fingerprint density at radius 1 is 1.03 bits per heavy atom. The van der Waals surface area contributed by atoms with Gasteiger partial charge in [-0.3, -0.25) is 9.59 Å². The third kappa shape index (κ3) is 4.23. The molecule has 0 aliphatic carbocycles. The van der Waals surface area contributed by atoms with E-state index in [4.69, 9.17) is 4.42 Å². The molecule has 0 bridgehead atoms. The summed E-state index contributed by atoms with van der Waals surface area (Å²) in [5, 5.41) is 2.68. The average Bonchev–Trinajstić information content (AvgIpc) is 3.30. The van der Waals surface area contributed by atoms with Crippen molar-refractivity contribution in [3.63, 3.8) is 0 Å². The van der Waals surface area contributed by atoms with Crippen molar-refractivity contribution in [2.75, 3.05) is 36.4 Å². The van der Waals surface area contributed by atoms with E-state index >= 15 is 0 Å². The zero-order valence-electron chi connectivity index (χ0n) is 15.4. The second-order valence-electron chi connectivity index (χ2n) is 6.48. The SMILES string of the molecule is O=C(Nc1ccc(F)cc1)c1cc(N2CCN(C(=O)c3ccco3)CC2)ncn1. The summed E-state index contributed by atoms with van der Waals surface area (Å²) in [6, 6.07) is 10.4. The van der Waals surface area contributed by atoms with Crippen LogP contribution in [0.4, 0.5) is 15.9 Å². The highest BCUT2D eigenvalue weighted by atomic mass is 19.1. The predicted molar refractivity (Wildman–Crippen MR) is 103 cm³/mol. The number of nitrogens with zero attached hydrogens (tertiary/aromatic N) is 4. The Bertz CT molecular complexity index is 999. The molecule has 4 rings (SSSR count). The Morgan fingerprint density at radius 3 is 2.48 bits per heavy atom. The van der Waals surface area contributed by atoms with Crippen LogP contribution in [0.15, 0.2) is 59.5 Å². The lowest BCUT2D eigenvalue weighted by molar-refractivity contribution is 0.0714. The van der Waals surface area contributed by atoms with Gasteiger partial charge in [0.25, 0.3) is 11.8 Å². The minimum absolute atomic E-state index is 0.142. The molecule has 0 radical (unpaired) electrons. The number of furan rings is 1. The molecule has 148 valence electrons. The van der Waals surface area contributed by atoms with Crippen molar-refractivity contribution in [3.8, 4) is 0 Å². The van der Waals surface area contributed by atoms with Gasteiger partial charge in [-0.2, -0.15) is 0 Å². The van der Waals surface area contributed by atoms with E-state index in [2.05, 4.69) is 15.3 Å². The van der Waals surface area contributed by atoms with Crippen LogP contribution < -0.4 is 10.2 Å². The van der Waals surface area contributed by atoms with Gasteiger partial charge >= 0.3 is 0 Å². The largest absolute Gasteiger partial charge is 0.459 e. The number of hydrogen-bond acceptors (Lipinski definition) is 6. The molecule has 8 nitrogen and oxygen atoms in total. The summed E-state index contributed by atoms with van der Waals surface area (Å²) >= 11 is 0. The summed E-state index contributed by atoms with van der Waals surface area (Å²) in [6.45, 7) is 2.17. The maximum atomic E-state index is 13.0. The molecule has 0 saturated carbocycles. The van der Waals surface area contributed by atoms with E-state index in [1.165, 1.54) is 36.9 Å². The first-order valence-corrected chi connectivity index (χ1v) is 9.07.